The first-order valence-electron chi connectivity index (χ1n) is 9.37. The monoisotopic (exact) mass is 372 g/mol. The first-order chi connectivity index (χ1) is 12.7. The number of likely N-dealkylation sites (tertiary alicyclic amines) is 1. The van der Waals surface area contributed by atoms with E-state index in [4.69, 9.17) is 0 Å². The molecule has 1 N–H and O–H groups in total. The summed E-state index contributed by atoms with van der Waals surface area (Å²) in [7, 11) is 0. The molecule has 0 spiro atoms. The van der Waals surface area contributed by atoms with Crippen molar-refractivity contribution in [3.05, 3.63) is 35.4 Å². The summed E-state index contributed by atoms with van der Waals surface area (Å²) in [6.07, 6.45) is 4.87. The number of hydrogen-bond acceptors (Lipinski definition) is 5. The van der Waals surface area contributed by atoms with Crippen LogP contribution in [-0.4, -0.2) is 52.6 Å². The number of nitrogens with zero attached hydrogens (tertiary/aromatic N) is 1. The van der Waals surface area contributed by atoms with Gasteiger partial charge in [-0.2, -0.15) is 0 Å². The molecule has 1 aromatic rings. The molecule has 2 aliphatic heterocycles. The van der Waals surface area contributed by atoms with Gasteiger partial charge in [0, 0.05) is 18.8 Å². The molecule has 138 valence electrons. The number of fused-ring (bicyclic) bond motifs is 1. The number of nitrogens with one attached hydrogen (secondary N) is 1. The zero-order chi connectivity index (χ0) is 18.1. The second kappa shape index (κ2) is 7.53. The van der Waals surface area contributed by atoms with Crippen LogP contribution in [0.4, 0.5) is 0 Å². The molecule has 3 aliphatic rings. The standard InChI is InChI=1S/C20H24N2O3S/c23-11-16-6-3-7-22(16)20(25)18-19(26-12-21-18)17(24)10-13-8-14-4-1-2-5-15(14)9-13/h1-2,4-5,11,13,16,18-19,21H,3,6-10,12H2/t16-,18-,19?/m0/s1. The van der Waals surface area contributed by atoms with Crippen molar-refractivity contribution in [3.8, 4) is 0 Å². The normalized spacial score (nSPS) is 28.3. The molecule has 1 aromatic carbocycles. The van der Waals surface area contributed by atoms with Crippen molar-refractivity contribution >= 4 is 29.7 Å². The van der Waals surface area contributed by atoms with E-state index < -0.39 is 6.04 Å². The summed E-state index contributed by atoms with van der Waals surface area (Å²) in [5.74, 6) is 1.03. The van der Waals surface area contributed by atoms with Crippen molar-refractivity contribution in [1.82, 2.24) is 10.2 Å². The fourth-order valence-corrected chi connectivity index (χ4v) is 5.65. The van der Waals surface area contributed by atoms with Crippen LogP contribution in [0.3, 0.4) is 0 Å². The highest BCUT2D eigenvalue weighted by molar-refractivity contribution is 8.00. The van der Waals surface area contributed by atoms with Crippen LogP contribution in [0, 0.1) is 5.92 Å². The third kappa shape index (κ3) is 3.32. The van der Waals surface area contributed by atoms with E-state index in [9.17, 15) is 14.4 Å². The van der Waals surface area contributed by atoms with Crippen LogP contribution in [0.2, 0.25) is 0 Å². The van der Waals surface area contributed by atoms with Crippen LogP contribution in [0.1, 0.15) is 30.4 Å². The Labute approximate surface area is 157 Å². The zero-order valence-electron chi connectivity index (χ0n) is 14.7. The molecule has 3 atom stereocenters. The van der Waals surface area contributed by atoms with Gasteiger partial charge in [0.15, 0.2) is 0 Å². The van der Waals surface area contributed by atoms with E-state index in [1.165, 1.54) is 22.9 Å². The van der Waals surface area contributed by atoms with Crippen LogP contribution in [0.25, 0.3) is 0 Å². The number of thioether (sulfide) groups is 1. The van der Waals surface area contributed by atoms with Crippen LogP contribution < -0.4 is 5.32 Å². The first-order valence-corrected chi connectivity index (χ1v) is 10.4. The van der Waals surface area contributed by atoms with Crippen LogP contribution in [-0.2, 0) is 27.2 Å². The molecule has 0 bridgehead atoms. The SMILES string of the molecule is O=C[C@@H]1CCCN1C(=O)[C@H]1NCSC1C(=O)CC1Cc2ccccc2C1. The lowest BCUT2D eigenvalue weighted by Crippen LogP contribution is -2.51. The maximum absolute atomic E-state index is 12.9. The van der Waals surface area contributed by atoms with Gasteiger partial charge in [-0.15, -0.1) is 11.8 Å². The number of aldehydes is 1. The Morgan fingerprint density at radius 1 is 1.23 bits per heavy atom. The van der Waals surface area contributed by atoms with E-state index in [2.05, 4.69) is 17.4 Å². The molecule has 0 aromatic heterocycles. The van der Waals surface area contributed by atoms with E-state index in [0.717, 1.165) is 32.0 Å². The van der Waals surface area contributed by atoms with Crippen molar-refractivity contribution < 1.29 is 14.4 Å². The van der Waals surface area contributed by atoms with Crippen molar-refractivity contribution in [2.24, 2.45) is 5.92 Å². The quantitative estimate of drug-likeness (QED) is 0.795. The number of Topliss-reactive ketones (excluding diaryl/α,β-unsaturated/α-hetero) is 1. The van der Waals surface area contributed by atoms with Gasteiger partial charge in [0.2, 0.25) is 5.91 Å². The lowest BCUT2D eigenvalue weighted by molar-refractivity contribution is -0.137. The summed E-state index contributed by atoms with van der Waals surface area (Å²) < 4.78 is 0. The number of carbonyl (C=O) groups excluding carboxylic acids is 3. The summed E-state index contributed by atoms with van der Waals surface area (Å²) in [5.41, 5.74) is 2.70. The average Bonchev–Trinajstić information content (AvgIpc) is 3.38. The maximum atomic E-state index is 12.9. The zero-order valence-corrected chi connectivity index (χ0v) is 15.5. The van der Waals surface area contributed by atoms with Gasteiger partial charge < -0.3 is 9.69 Å². The Hall–Kier alpha value is -1.66. The average molecular weight is 372 g/mol. The maximum Gasteiger partial charge on any atom is 0.241 e. The van der Waals surface area contributed by atoms with Gasteiger partial charge in [0.05, 0.1) is 11.3 Å². The first kappa shape index (κ1) is 17.7. The third-order valence-corrected chi connectivity index (χ3v) is 7.04. The minimum atomic E-state index is -0.489. The molecule has 2 heterocycles. The fourth-order valence-electron chi connectivity index (χ4n) is 4.51. The number of benzene rings is 1. The Morgan fingerprint density at radius 2 is 1.96 bits per heavy atom. The van der Waals surface area contributed by atoms with Crippen LogP contribution in [0.15, 0.2) is 24.3 Å². The van der Waals surface area contributed by atoms with Crippen molar-refractivity contribution in [3.63, 3.8) is 0 Å². The second-order valence-corrected chi connectivity index (χ2v) is 8.63. The predicted octanol–water partition coefficient (Wildman–Crippen LogP) is 1.58. The lowest BCUT2D eigenvalue weighted by Gasteiger charge is -2.26. The largest absolute Gasteiger partial charge is 0.332 e. The molecule has 26 heavy (non-hydrogen) atoms. The number of amides is 1. The number of carbonyl (C=O) groups is 3. The molecule has 6 heteroatoms. The highest BCUT2D eigenvalue weighted by atomic mass is 32.2. The van der Waals surface area contributed by atoms with Crippen LogP contribution >= 0.6 is 11.8 Å². The van der Waals surface area contributed by atoms with Gasteiger partial charge in [0.25, 0.3) is 0 Å². The molecule has 0 saturated carbocycles. The number of hydrogen-bond donors (Lipinski definition) is 1. The van der Waals surface area contributed by atoms with Gasteiger partial charge in [-0.25, -0.2) is 0 Å². The fraction of sp³-hybridized carbons (Fsp3) is 0.550. The Balaban J connectivity index is 1.40. The lowest BCUT2D eigenvalue weighted by atomic mass is 9.95. The van der Waals surface area contributed by atoms with E-state index in [1.54, 1.807) is 4.90 Å². The molecule has 0 radical (unpaired) electrons. The summed E-state index contributed by atoms with van der Waals surface area (Å²) in [6, 6.07) is 7.57. The highest BCUT2D eigenvalue weighted by Gasteiger charge is 2.43. The summed E-state index contributed by atoms with van der Waals surface area (Å²) in [6.45, 7) is 0.615. The molecular formula is C20H24N2O3S. The van der Waals surface area contributed by atoms with Crippen LogP contribution in [0.5, 0.6) is 0 Å². The van der Waals surface area contributed by atoms with Gasteiger partial charge in [0.1, 0.15) is 18.1 Å². The summed E-state index contributed by atoms with van der Waals surface area (Å²) in [4.78, 5) is 38.7. The van der Waals surface area contributed by atoms with Gasteiger partial charge in [-0.1, -0.05) is 24.3 Å². The van der Waals surface area contributed by atoms with E-state index in [-0.39, 0.29) is 23.0 Å². The molecule has 1 aliphatic carbocycles. The topological polar surface area (TPSA) is 66.5 Å². The molecule has 2 saturated heterocycles. The second-order valence-electron chi connectivity index (χ2n) is 7.50. The van der Waals surface area contributed by atoms with E-state index in [1.807, 2.05) is 12.1 Å². The summed E-state index contributed by atoms with van der Waals surface area (Å²) in [5, 5.41) is 2.85. The smallest absolute Gasteiger partial charge is 0.241 e. The molecule has 2 fully saturated rings. The third-order valence-electron chi connectivity index (χ3n) is 5.82. The van der Waals surface area contributed by atoms with Gasteiger partial charge in [-0.05, 0) is 42.7 Å². The Bertz CT molecular complexity index is 698. The van der Waals surface area contributed by atoms with E-state index in [0.29, 0.717) is 24.8 Å². The molecule has 1 unspecified atom stereocenters. The van der Waals surface area contributed by atoms with Gasteiger partial charge >= 0.3 is 0 Å². The Morgan fingerprint density at radius 3 is 2.65 bits per heavy atom. The highest BCUT2D eigenvalue weighted by Crippen LogP contribution is 2.32. The van der Waals surface area contributed by atoms with Crippen molar-refractivity contribution in [1.29, 1.82) is 0 Å². The Kier molecular flexibility index (Phi) is 5.14. The molecule has 5 nitrogen and oxygen atoms in total. The minimum absolute atomic E-state index is 0.0855. The minimum Gasteiger partial charge on any atom is -0.332 e. The van der Waals surface area contributed by atoms with Gasteiger partial charge in [-0.3, -0.25) is 14.9 Å². The number of rotatable bonds is 5. The molecule has 1 amide bonds. The summed E-state index contributed by atoms with van der Waals surface area (Å²) >= 11 is 1.53. The van der Waals surface area contributed by atoms with Crippen molar-refractivity contribution in [2.75, 3.05) is 12.4 Å². The molecular weight excluding hydrogens is 348 g/mol. The van der Waals surface area contributed by atoms with E-state index >= 15 is 0 Å². The molecule has 4 rings (SSSR count). The number of ketones is 1. The van der Waals surface area contributed by atoms with Crippen molar-refractivity contribution in [2.45, 2.75) is 49.4 Å². The predicted molar refractivity (Wildman–Crippen MR) is 101 cm³/mol.